The Balaban J connectivity index is 0.000000200. The summed E-state index contributed by atoms with van der Waals surface area (Å²) >= 11 is 0. The second kappa shape index (κ2) is 6.36. The second-order valence-corrected chi connectivity index (χ2v) is 4.62. The molecular weight excluding hydrogens is 272 g/mol. The Morgan fingerprint density at radius 3 is 1.20 bits per heavy atom. The van der Waals surface area contributed by atoms with E-state index >= 15 is 0 Å². The molecule has 0 bridgehead atoms. The zero-order chi connectivity index (χ0) is 15.4. The summed E-state index contributed by atoms with van der Waals surface area (Å²) in [7, 11) is 2.53. The van der Waals surface area contributed by atoms with Crippen molar-refractivity contribution in [3.63, 3.8) is 0 Å². The molecule has 2 rings (SSSR count). The number of carbonyl (C=O) groups excluding carboxylic acids is 2. The summed E-state index contributed by atoms with van der Waals surface area (Å²) in [5.74, 6) is -4.39. The maximum absolute atomic E-state index is 10.6. The fourth-order valence-electron chi connectivity index (χ4n) is 1.76. The number of carboxylic acid groups (broad SMARTS) is 2. The van der Waals surface area contributed by atoms with Gasteiger partial charge in [-0.05, 0) is 12.8 Å². The lowest BCUT2D eigenvalue weighted by Gasteiger charge is -1.92. The summed E-state index contributed by atoms with van der Waals surface area (Å²) in [6, 6.07) is 0. The van der Waals surface area contributed by atoms with Gasteiger partial charge in [-0.1, -0.05) is 0 Å². The van der Waals surface area contributed by atoms with Crippen molar-refractivity contribution in [1.82, 2.24) is 0 Å². The van der Waals surface area contributed by atoms with Gasteiger partial charge in [0, 0.05) is 0 Å². The first-order valence-corrected chi connectivity index (χ1v) is 5.94. The Morgan fingerprint density at radius 2 is 1.05 bits per heavy atom. The molecule has 8 heteroatoms. The highest BCUT2D eigenvalue weighted by Gasteiger charge is 2.49. The van der Waals surface area contributed by atoms with Crippen LogP contribution in [-0.2, 0) is 28.7 Å². The first-order chi connectivity index (χ1) is 9.33. The number of hydrogen-bond donors (Lipinski definition) is 2. The van der Waals surface area contributed by atoms with E-state index in [-0.39, 0.29) is 11.8 Å². The van der Waals surface area contributed by atoms with E-state index < -0.39 is 35.7 Å². The molecule has 112 valence electrons. The quantitative estimate of drug-likeness (QED) is 0.678. The van der Waals surface area contributed by atoms with E-state index in [9.17, 15) is 19.2 Å². The fourth-order valence-corrected chi connectivity index (χ4v) is 1.76. The Hall–Kier alpha value is -2.12. The van der Waals surface area contributed by atoms with Gasteiger partial charge in [0.15, 0.2) is 0 Å². The zero-order valence-corrected chi connectivity index (χ0v) is 11.1. The van der Waals surface area contributed by atoms with E-state index in [1.807, 2.05) is 0 Å². The molecule has 0 aliphatic heterocycles. The standard InChI is InChI=1S/2C6H8O4/c2*1-10-6(9)4-2-3(4)5(7)8/h2*3-4H,2H2,1H3,(H,7,8)/t2*3-,4+/m10/s1. The van der Waals surface area contributed by atoms with Gasteiger partial charge in [-0.2, -0.15) is 0 Å². The van der Waals surface area contributed by atoms with Gasteiger partial charge in [-0.25, -0.2) is 0 Å². The zero-order valence-electron chi connectivity index (χ0n) is 11.1. The number of carboxylic acids is 2. The Labute approximate surface area is 114 Å². The molecule has 0 saturated heterocycles. The maximum atomic E-state index is 10.6. The molecule has 0 aromatic heterocycles. The molecule has 20 heavy (non-hydrogen) atoms. The van der Waals surface area contributed by atoms with Crippen LogP contribution in [0.3, 0.4) is 0 Å². The van der Waals surface area contributed by atoms with Crippen LogP contribution in [0.25, 0.3) is 0 Å². The molecule has 0 heterocycles. The van der Waals surface area contributed by atoms with Crippen LogP contribution in [0, 0.1) is 23.7 Å². The Morgan fingerprint density at radius 1 is 0.750 bits per heavy atom. The van der Waals surface area contributed by atoms with Crippen molar-refractivity contribution in [3.05, 3.63) is 0 Å². The lowest BCUT2D eigenvalue weighted by atomic mass is 10.3. The Bertz CT molecular complexity index is 389. The molecule has 2 aliphatic carbocycles. The van der Waals surface area contributed by atoms with Gasteiger partial charge < -0.3 is 19.7 Å². The molecule has 0 aromatic carbocycles. The predicted octanol–water partition coefficient (Wildman–Crippen LogP) is -0.240. The van der Waals surface area contributed by atoms with Gasteiger partial charge in [-0.15, -0.1) is 0 Å². The van der Waals surface area contributed by atoms with Gasteiger partial charge in [-0.3, -0.25) is 19.2 Å². The van der Waals surface area contributed by atoms with Gasteiger partial charge in [0.2, 0.25) is 0 Å². The van der Waals surface area contributed by atoms with Crippen molar-refractivity contribution >= 4 is 23.9 Å². The van der Waals surface area contributed by atoms with Crippen molar-refractivity contribution in [2.75, 3.05) is 14.2 Å². The summed E-state index contributed by atoms with van der Waals surface area (Å²) < 4.78 is 8.70. The topological polar surface area (TPSA) is 127 Å². The van der Waals surface area contributed by atoms with Crippen LogP contribution in [0.1, 0.15) is 12.8 Å². The van der Waals surface area contributed by atoms with Crippen molar-refractivity contribution in [2.24, 2.45) is 23.7 Å². The van der Waals surface area contributed by atoms with Crippen LogP contribution in [0.2, 0.25) is 0 Å². The summed E-state index contributed by atoms with van der Waals surface area (Å²) in [6.07, 6.45) is 0.865. The normalized spacial score (nSPS) is 29.3. The largest absolute Gasteiger partial charge is 0.481 e. The van der Waals surface area contributed by atoms with Crippen LogP contribution in [0.15, 0.2) is 0 Å². The van der Waals surface area contributed by atoms with E-state index in [0.29, 0.717) is 12.8 Å². The maximum Gasteiger partial charge on any atom is 0.309 e. The van der Waals surface area contributed by atoms with Gasteiger partial charge in [0.25, 0.3) is 0 Å². The molecule has 0 aromatic rings. The minimum Gasteiger partial charge on any atom is -0.481 e. The minimum absolute atomic E-state index is 0.387. The highest BCUT2D eigenvalue weighted by molar-refractivity contribution is 5.86. The number of methoxy groups -OCH3 is 2. The molecule has 2 aliphatic rings. The molecule has 2 fully saturated rings. The van der Waals surface area contributed by atoms with Gasteiger partial charge in [0.1, 0.15) is 0 Å². The number of ether oxygens (including phenoxy) is 2. The van der Waals surface area contributed by atoms with E-state index in [1.54, 1.807) is 0 Å². The highest BCUT2D eigenvalue weighted by Crippen LogP contribution is 2.39. The van der Waals surface area contributed by atoms with Crippen molar-refractivity contribution < 1.29 is 38.9 Å². The summed E-state index contributed by atoms with van der Waals surface area (Å²) in [5.41, 5.74) is 0. The molecule has 2 saturated carbocycles. The molecule has 0 unspecified atom stereocenters. The lowest BCUT2D eigenvalue weighted by molar-refractivity contribution is -0.146. The van der Waals surface area contributed by atoms with E-state index in [2.05, 4.69) is 9.47 Å². The second-order valence-electron chi connectivity index (χ2n) is 4.62. The van der Waals surface area contributed by atoms with E-state index in [1.165, 1.54) is 14.2 Å². The van der Waals surface area contributed by atoms with Crippen molar-refractivity contribution in [2.45, 2.75) is 12.8 Å². The number of esters is 2. The van der Waals surface area contributed by atoms with Crippen LogP contribution in [0.5, 0.6) is 0 Å². The molecular formula is C12H16O8. The summed E-state index contributed by atoms with van der Waals surface area (Å²) in [5, 5.41) is 16.7. The molecule has 0 amide bonds. The van der Waals surface area contributed by atoms with Gasteiger partial charge in [0.05, 0.1) is 37.9 Å². The first-order valence-electron chi connectivity index (χ1n) is 5.94. The van der Waals surface area contributed by atoms with Crippen molar-refractivity contribution in [1.29, 1.82) is 0 Å². The smallest absolute Gasteiger partial charge is 0.309 e. The lowest BCUT2D eigenvalue weighted by Crippen LogP contribution is -2.08. The molecule has 4 atom stereocenters. The SMILES string of the molecule is COC(=O)[C@@H]1C[C@@H]1C(=O)O.COC(=O)[C@H]1C[C@H]1C(=O)O. The summed E-state index contributed by atoms with van der Waals surface area (Å²) in [6.45, 7) is 0. The molecule has 2 N–H and O–H groups in total. The minimum atomic E-state index is -0.907. The number of hydrogen-bond acceptors (Lipinski definition) is 6. The average Bonchev–Trinajstić information content (AvgIpc) is 3.28. The summed E-state index contributed by atoms with van der Waals surface area (Å²) in [4.78, 5) is 41.6. The first kappa shape index (κ1) is 15.9. The third kappa shape index (κ3) is 3.94. The number of carbonyl (C=O) groups is 4. The van der Waals surface area contributed by atoms with E-state index in [0.717, 1.165) is 0 Å². The highest BCUT2D eigenvalue weighted by atomic mass is 16.5. The fraction of sp³-hybridized carbons (Fsp3) is 0.667. The monoisotopic (exact) mass is 288 g/mol. The third-order valence-corrected chi connectivity index (χ3v) is 3.22. The van der Waals surface area contributed by atoms with Crippen LogP contribution in [0.4, 0.5) is 0 Å². The predicted molar refractivity (Wildman–Crippen MR) is 62.5 cm³/mol. The molecule has 8 nitrogen and oxygen atoms in total. The number of rotatable bonds is 4. The van der Waals surface area contributed by atoms with Crippen LogP contribution < -0.4 is 0 Å². The van der Waals surface area contributed by atoms with Crippen LogP contribution >= 0.6 is 0 Å². The third-order valence-electron chi connectivity index (χ3n) is 3.22. The van der Waals surface area contributed by atoms with Crippen molar-refractivity contribution in [3.8, 4) is 0 Å². The molecule has 0 spiro atoms. The Kier molecular flexibility index (Phi) is 5.06. The molecule has 0 radical (unpaired) electrons. The van der Waals surface area contributed by atoms with E-state index in [4.69, 9.17) is 10.2 Å². The number of aliphatic carboxylic acids is 2. The van der Waals surface area contributed by atoms with Crippen LogP contribution in [-0.4, -0.2) is 48.3 Å². The van der Waals surface area contributed by atoms with Gasteiger partial charge >= 0.3 is 23.9 Å². The average molecular weight is 288 g/mol.